The summed E-state index contributed by atoms with van der Waals surface area (Å²) in [7, 11) is 0. The number of azo groups is 1. The Morgan fingerprint density at radius 1 is 1.10 bits per heavy atom. The first-order chi connectivity index (χ1) is 4.63. The summed E-state index contributed by atoms with van der Waals surface area (Å²) in [5, 5.41) is 7.79. The zero-order chi connectivity index (χ0) is 7.98. The number of rotatable bonds is 3. The topological polar surface area (TPSA) is 24.7 Å². The molecule has 0 atom stereocenters. The van der Waals surface area contributed by atoms with Crippen molar-refractivity contribution in [2.45, 2.75) is 33.7 Å². The fourth-order valence-electron chi connectivity index (χ4n) is 0.382. The number of nitrogens with zero attached hydrogens (tertiary/aromatic N) is 2. The Morgan fingerprint density at radius 2 is 1.70 bits per heavy atom. The van der Waals surface area contributed by atoms with Crippen LogP contribution in [0.2, 0.25) is 0 Å². The van der Waals surface area contributed by atoms with Crippen LogP contribution in [0, 0.1) is 5.92 Å². The van der Waals surface area contributed by atoms with Gasteiger partial charge in [-0.05, 0) is 19.8 Å². The van der Waals surface area contributed by atoms with Gasteiger partial charge in [-0.15, -0.1) is 0 Å². The van der Waals surface area contributed by atoms with E-state index in [0.717, 1.165) is 0 Å². The van der Waals surface area contributed by atoms with Crippen molar-refractivity contribution in [2.24, 2.45) is 16.1 Å². The molecule has 0 amide bonds. The molecule has 0 fully saturated rings. The summed E-state index contributed by atoms with van der Waals surface area (Å²) < 4.78 is 0. The van der Waals surface area contributed by atoms with Crippen LogP contribution in [0.25, 0.3) is 0 Å². The smallest absolute Gasteiger partial charge is 0.0656 e. The van der Waals surface area contributed by atoms with Crippen LogP contribution in [0.5, 0.6) is 0 Å². The van der Waals surface area contributed by atoms with E-state index in [-0.39, 0.29) is 0 Å². The summed E-state index contributed by atoms with van der Waals surface area (Å²) in [6.07, 6.45) is 3.77. The monoisotopic (exact) mass is 140 g/mol. The van der Waals surface area contributed by atoms with E-state index < -0.39 is 0 Å². The van der Waals surface area contributed by atoms with Gasteiger partial charge in [-0.1, -0.05) is 19.9 Å². The summed E-state index contributed by atoms with van der Waals surface area (Å²) in [6, 6.07) is 0.303. The molecule has 0 saturated heterocycles. The number of hydrogen-bond acceptors (Lipinski definition) is 2. The zero-order valence-corrected chi connectivity index (χ0v) is 7.20. The molecule has 0 unspecified atom stereocenters. The van der Waals surface area contributed by atoms with Crippen molar-refractivity contribution in [3.63, 3.8) is 0 Å². The first-order valence-corrected chi connectivity index (χ1v) is 3.69. The molecule has 2 heteroatoms. The predicted octanol–water partition coefficient (Wildman–Crippen LogP) is 3.02. The molecule has 0 aromatic carbocycles. The molecule has 0 aromatic heterocycles. The molecule has 58 valence electrons. The second-order valence-electron chi connectivity index (χ2n) is 2.91. The van der Waals surface area contributed by atoms with Crippen molar-refractivity contribution >= 4 is 0 Å². The van der Waals surface area contributed by atoms with E-state index in [2.05, 4.69) is 24.1 Å². The van der Waals surface area contributed by atoms with E-state index in [4.69, 9.17) is 0 Å². The Bertz CT molecular complexity index is 107. The first kappa shape index (κ1) is 9.34. The van der Waals surface area contributed by atoms with Gasteiger partial charge in [0.2, 0.25) is 0 Å². The van der Waals surface area contributed by atoms with Crippen molar-refractivity contribution in [1.82, 2.24) is 0 Å². The molecule has 10 heavy (non-hydrogen) atoms. The highest BCUT2D eigenvalue weighted by Crippen LogP contribution is 1.94. The Kier molecular flexibility index (Phi) is 4.81. The van der Waals surface area contributed by atoms with Gasteiger partial charge >= 0.3 is 0 Å². The van der Waals surface area contributed by atoms with Gasteiger partial charge in [0.25, 0.3) is 0 Å². The van der Waals surface area contributed by atoms with E-state index in [1.165, 1.54) is 0 Å². The van der Waals surface area contributed by atoms with Gasteiger partial charge in [0.1, 0.15) is 0 Å². The molecule has 0 saturated carbocycles. The maximum atomic E-state index is 3.93. The summed E-state index contributed by atoms with van der Waals surface area (Å²) in [6.45, 7) is 8.24. The quantitative estimate of drug-likeness (QED) is 0.538. The normalized spacial score (nSPS) is 13.0. The Labute approximate surface area is 63.1 Å². The molecule has 0 N–H and O–H groups in total. The summed E-state index contributed by atoms with van der Waals surface area (Å²) in [4.78, 5) is 0. The van der Waals surface area contributed by atoms with Crippen LogP contribution in [-0.4, -0.2) is 6.04 Å². The summed E-state index contributed by atoms with van der Waals surface area (Å²) in [5.41, 5.74) is 0. The van der Waals surface area contributed by atoms with Gasteiger partial charge in [-0.25, -0.2) is 0 Å². The lowest BCUT2D eigenvalue weighted by atomic mass is 10.2. The van der Waals surface area contributed by atoms with Gasteiger partial charge in [0.15, 0.2) is 0 Å². The molecule has 0 aliphatic rings. The fraction of sp³-hybridized carbons (Fsp3) is 0.750. The summed E-state index contributed by atoms with van der Waals surface area (Å²) in [5.74, 6) is 0.561. The lowest BCUT2D eigenvalue weighted by Crippen LogP contribution is -1.83. The van der Waals surface area contributed by atoms with E-state index in [1.54, 1.807) is 6.20 Å². The van der Waals surface area contributed by atoms with Gasteiger partial charge in [-0.2, -0.15) is 10.2 Å². The van der Waals surface area contributed by atoms with Crippen LogP contribution in [-0.2, 0) is 0 Å². The van der Waals surface area contributed by atoms with Crippen molar-refractivity contribution in [2.75, 3.05) is 0 Å². The largest absolute Gasteiger partial charge is 0.187 e. The van der Waals surface area contributed by atoms with Crippen molar-refractivity contribution in [3.05, 3.63) is 12.3 Å². The average molecular weight is 140 g/mol. The van der Waals surface area contributed by atoms with Crippen molar-refractivity contribution < 1.29 is 0 Å². The van der Waals surface area contributed by atoms with Crippen LogP contribution >= 0.6 is 0 Å². The van der Waals surface area contributed by atoms with Crippen LogP contribution in [0.15, 0.2) is 22.5 Å². The van der Waals surface area contributed by atoms with Gasteiger partial charge in [-0.3, -0.25) is 0 Å². The predicted molar refractivity (Wildman–Crippen MR) is 44.0 cm³/mol. The van der Waals surface area contributed by atoms with Gasteiger partial charge in [0, 0.05) is 6.20 Å². The van der Waals surface area contributed by atoms with E-state index in [9.17, 15) is 0 Å². The van der Waals surface area contributed by atoms with E-state index in [1.807, 2.05) is 19.9 Å². The second-order valence-corrected chi connectivity index (χ2v) is 2.91. The van der Waals surface area contributed by atoms with E-state index in [0.29, 0.717) is 12.0 Å². The maximum absolute atomic E-state index is 3.93. The number of hydrogen-bond donors (Lipinski definition) is 0. The highest BCUT2D eigenvalue weighted by molar-refractivity contribution is 4.81. The lowest BCUT2D eigenvalue weighted by Gasteiger charge is -1.90. The molecule has 0 aliphatic heterocycles. The number of allylic oxidation sites excluding steroid dienone is 1. The molecule has 2 nitrogen and oxygen atoms in total. The first-order valence-electron chi connectivity index (χ1n) is 3.69. The van der Waals surface area contributed by atoms with Gasteiger partial charge in [0.05, 0.1) is 6.04 Å². The summed E-state index contributed by atoms with van der Waals surface area (Å²) >= 11 is 0. The molecule has 0 spiro atoms. The Hall–Kier alpha value is -0.660. The molecular weight excluding hydrogens is 124 g/mol. The third kappa shape index (κ3) is 7.34. The minimum atomic E-state index is 0.303. The standard InChI is InChI=1S/C8H16N2/c1-7(2)5-6-9-10-8(3)4/h5-8H,1-4H3/b6-5-,10-9-. The Morgan fingerprint density at radius 3 is 2.10 bits per heavy atom. The highest BCUT2D eigenvalue weighted by atomic mass is 15.1. The molecule has 0 rings (SSSR count). The van der Waals surface area contributed by atoms with Crippen LogP contribution in [0.4, 0.5) is 0 Å². The molecule has 0 heterocycles. The molecule has 0 radical (unpaired) electrons. The lowest BCUT2D eigenvalue weighted by molar-refractivity contribution is 0.770. The van der Waals surface area contributed by atoms with Crippen LogP contribution in [0.1, 0.15) is 27.7 Å². The zero-order valence-electron chi connectivity index (χ0n) is 7.20. The molecular formula is C8H16N2. The minimum Gasteiger partial charge on any atom is -0.187 e. The third-order valence-electron chi connectivity index (χ3n) is 0.835. The van der Waals surface area contributed by atoms with Crippen LogP contribution < -0.4 is 0 Å². The van der Waals surface area contributed by atoms with Crippen LogP contribution in [0.3, 0.4) is 0 Å². The maximum Gasteiger partial charge on any atom is 0.0656 e. The highest BCUT2D eigenvalue weighted by Gasteiger charge is 1.83. The fourth-order valence-corrected chi connectivity index (χ4v) is 0.382. The minimum absolute atomic E-state index is 0.303. The SMILES string of the molecule is CC(C)/C=C\N=N/C(C)C. The Balaban J connectivity index is 3.52. The van der Waals surface area contributed by atoms with Crippen molar-refractivity contribution in [3.8, 4) is 0 Å². The molecule has 0 bridgehead atoms. The third-order valence-corrected chi connectivity index (χ3v) is 0.835. The van der Waals surface area contributed by atoms with Gasteiger partial charge < -0.3 is 0 Å². The second kappa shape index (κ2) is 5.15. The van der Waals surface area contributed by atoms with Crippen molar-refractivity contribution in [1.29, 1.82) is 0 Å². The molecule has 0 aliphatic carbocycles. The molecule has 0 aromatic rings. The average Bonchev–Trinajstić information content (AvgIpc) is 1.79. The van der Waals surface area contributed by atoms with E-state index >= 15 is 0 Å².